The highest BCUT2D eigenvalue weighted by molar-refractivity contribution is 7.17. The van der Waals surface area contributed by atoms with E-state index >= 15 is 0 Å². The number of hydrogen-bond acceptors (Lipinski definition) is 5. The lowest BCUT2D eigenvalue weighted by atomic mass is 10.2. The SMILES string of the molecule is COc1c(NCc2ccccc2Cl)sc(C#N)c1N. The van der Waals surface area contributed by atoms with Crippen LogP contribution < -0.4 is 15.8 Å². The quantitative estimate of drug-likeness (QED) is 0.905. The van der Waals surface area contributed by atoms with Crippen molar-refractivity contribution >= 4 is 33.6 Å². The Labute approximate surface area is 120 Å². The van der Waals surface area contributed by atoms with E-state index in [2.05, 4.69) is 5.32 Å². The molecule has 0 fully saturated rings. The number of nitrogens with zero attached hydrogens (tertiary/aromatic N) is 1. The van der Waals surface area contributed by atoms with E-state index in [1.165, 1.54) is 18.4 Å². The molecule has 98 valence electrons. The average molecular weight is 294 g/mol. The number of anilines is 2. The van der Waals surface area contributed by atoms with Crippen LogP contribution >= 0.6 is 22.9 Å². The van der Waals surface area contributed by atoms with Gasteiger partial charge in [0.15, 0.2) is 5.75 Å². The highest BCUT2D eigenvalue weighted by Gasteiger charge is 2.16. The number of methoxy groups -OCH3 is 1. The Balaban J connectivity index is 2.21. The van der Waals surface area contributed by atoms with Crippen LogP contribution in [0.25, 0.3) is 0 Å². The number of halogens is 1. The van der Waals surface area contributed by atoms with Crippen molar-refractivity contribution in [2.24, 2.45) is 0 Å². The van der Waals surface area contributed by atoms with Gasteiger partial charge in [-0.2, -0.15) is 5.26 Å². The van der Waals surface area contributed by atoms with E-state index < -0.39 is 0 Å². The van der Waals surface area contributed by atoms with Crippen molar-refractivity contribution in [2.45, 2.75) is 6.54 Å². The number of nitrogens with two attached hydrogens (primary N) is 1. The van der Waals surface area contributed by atoms with Crippen molar-refractivity contribution in [3.63, 3.8) is 0 Å². The van der Waals surface area contributed by atoms with E-state index in [-0.39, 0.29) is 0 Å². The van der Waals surface area contributed by atoms with Gasteiger partial charge < -0.3 is 15.8 Å². The summed E-state index contributed by atoms with van der Waals surface area (Å²) < 4.78 is 5.22. The molecule has 0 unspecified atom stereocenters. The first-order valence-corrected chi connectivity index (χ1v) is 6.70. The van der Waals surface area contributed by atoms with E-state index in [1.807, 2.05) is 30.3 Å². The van der Waals surface area contributed by atoms with Gasteiger partial charge in [0.1, 0.15) is 21.6 Å². The third-order valence-corrected chi connectivity index (χ3v) is 4.02. The van der Waals surface area contributed by atoms with Crippen molar-refractivity contribution in [3.05, 3.63) is 39.7 Å². The molecule has 1 aromatic heterocycles. The molecule has 6 heteroatoms. The molecule has 0 radical (unpaired) electrons. The van der Waals surface area contributed by atoms with Crippen LogP contribution in [0.2, 0.25) is 5.02 Å². The van der Waals surface area contributed by atoms with Crippen LogP contribution in [-0.2, 0) is 6.54 Å². The minimum atomic E-state index is 0.372. The topological polar surface area (TPSA) is 71.1 Å². The van der Waals surface area contributed by atoms with Crippen LogP contribution in [0.1, 0.15) is 10.4 Å². The Hall–Kier alpha value is -1.90. The van der Waals surface area contributed by atoms with Gasteiger partial charge in [0, 0.05) is 11.6 Å². The summed E-state index contributed by atoms with van der Waals surface area (Å²) in [6, 6.07) is 9.61. The molecular weight excluding hydrogens is 282 g/mol. The molecule has 3 N–H and O–H groups in total. The molecule has 0 bridgehead atoms. The fourth-order valence-corrected chi connectivity index (χ4v) is 2.73. The lowest BCUT2D eigenvalue weighted by Crippen LogP contribution is -2.00. The predicted molar refractivity (Wildman–Crippen MR) is 78.8 cm³/mol. The molecule has 0 atom stereocenters. The molecule has 0 aliphatic heterocycles. The van der Waals surface area contributed by atoms with Crippen LogP contribution in [0.3, 0.4) is 0 Å². The Kier molecular flexibility index (Phi) is 4.15. The number of nitrogen functional groups attached to an aromatic ring is 1. The molecule has 0 aliphatic carbocycles. The number of benzene rings is 1. The smallest absolute Gasteiger partial charge is 0.177 e. The summed E-state index contributed by atoms with van der Waals surface area (Å²) in [7, 11) is 1.53. The second-order valence-corrected chi connectivity index (χ2v) is 5.19. The second kappa shape index (κ2) is 5.83. The first kappa shape index (κ1) is 13.5. The molecule has 0 aliphatic rings. The number of ether oxygens (including phenoxy) is 1. The van der Waals surface area contributed by atoms with Gasteiger partial charge in [-0.15, -0.1) is 11.3 Å². The van der Waals surface area contributed by atoms with E-state index in [0.717, 1.165) is 10.6 Å². The number of nitriles is 1. The highest BCUT2D eigenvalue weighted by Crippen LogP contribution is 2.42. The maximum absolute atomic E-state index is 8.96. The summed E-state index contributed by atoms with van der Waals surface area (Å²) in [5, 5.41) is 13.6. The molecule has 2 rings (SSSR count). The first-order chi connectivity index (χ1) is 9.17. The van der Waals surface area contributed by atoms with Gasteiger partial charge in [-0.1, -0.05) is 29.8 Å². The molecule has 0 spiro atoms. The van der Waals surface area contributed by atoms with Gasteiger partial charge in [0.25, 0.3) is 0 Å². The van der Waals surface area contributed by atoms with Gasteiger partial charge in [-0.3, -0.25) is 0 Å². The molecule has 1 heterocycles. The lowest BCUT2D eigenvalue weighted by Gasteiger charge is -2.08. The van der Waals surface area contributed by atoms with Gasteiger partial charge >= 0.3 is 0 Å². The maximum Gasteiger partial charge on any atom is 0.177 e. The molecule has 19 heavy (non-hydrogen) atoms. The zero-order chi connectivity index (χ0) is 13.8. The summed E-state index contributed by atoms with van der Waals surface area (Å²) in [5.41, 5.74) is 7.16. The average Bonchev–Trinajstić information content (AvgIpc) is 2.73. The molecule has 0 saturated carbocycles. The van der Waals surface area contributed by atoms with Gasteiger partial charge in [0.2, 0.25) is 0 Å². The largest absolute Gasteiger partial charge is 0.492 e. The fourth-order valence-electron chi connectivity index (χ4n) is 1.65. The minimum absolute atomic E-state index is 0.372. The van der Waals surface area contributed by atoms with Gasteiger partial charge in [-0.05, 0) is 11.6 Å². The molecule has 1 aromatic carbocycles. The van der Waals surface area contributed by atoms with Crippen molar-refractivity contribution in [1.29, 1.82) is 5.26 Å². The number of rotatable bonds is 4. The van der Waals surface area contributed by atoms with Crippen molar-refractivity contribution in [1.82, 2.24) is 0 Å². The first-order valence-electron chi connectivity index (χ1n) is 5.51. The van der Waals surface area contributed by atoms with E-state index in [9.17, 15) is 0 Å². The highest BCUT2D eigenvalue weighted by atomic mass is 35.5. The summed E-state index contributed by atoms with van der Waals surface area (Å²) in [6.07, 6.45) is 0. The predicted octanol–water partition coefficient (Wildman–Crippen LogP) is 3.48. The van der Waals surface area contributed by atoms with Gasteiger partial charge in [0.05, 0.1) is 7.11 Å². The maximum atomic E-state index is 8.96. The number of nitrogens with one attached hydrogen (secondary N) is 1. The molecule has 0 amide bonds. The Morgan fingerprint density at radius 1 is 1.47 bits per heavy atom. The standard InChI is InChI=1S/C13H12ClN3OS/c1-18-12-11(16)10(6-15)19-13(12)17-7-8-4-2-3-5-9(8)14/h2-5,17H,7,16H2,1H3. The zero-order valence-corrected chi connectivity index (χ0v) is 11.8. The summed E-state index contributed by atoms with van der Waals surface area (Å²) in [6.45, 7) is 0.543. The fraction of sp³-hybridized carbons (Fsp3) is 0.154. The molecule has 4 nitrogen and oxygen atoms in total. The van der Waals surface area contributed by atoms with Crippen LogP contribution in [0.4, 0.5) is 10.7 Å². The summed E-state index contributed by atoms with van der Waals surface area (Å²) in [4.78, 5) is 0.443. The van der Waals surface area contributed by atoms with E-state index in [0.29, 0.717) is 27.9 Å². The van der Waals surface area contributed by atoms with Crippen LogP contribution in [0.5, 0.6) is 5.75 Å². The molecular formula is C13H12ClN3OS. The summed E-state index contributed by atoms with van der Waals surface area (Å²) >= 11 is 7.35. The normalized spacial score (nSPS) is 9.95. The third kappa shape index (κ3) is 2.75. The van der Waals surface area contributed by atoms with Crippen molar-refractivity contribution < 1.29 is 4.74 Å². The minimum Gasteiger partial charge on any atom is -0.492 e. The van der Waals surface area contributed by atoms with Crippen molar-refractivity contribution in [2.75, 3.05) is 18.2 Å². The second-order valence-electron chi connectivity index (χ2n) is 3.76. The monoisotopic (exact) mass is 293 g/mol. The Bertz CT molecular complexity index is 633. The van der Waals surface area contributed by atoms with Crippen molar-refractivity contribution in [3.8, 4) is 11.8 Å². The zero-order valence-electron chi connectivity index (χ0n) is 10.2. The van der Waals surface area contributed by atoms with Crippen LogP contribution in [0, 0.1) is 11.3 Å². The van der Waals surface area contributed by atoms with E-state index in [4.69, 9.17) is 27.3 Å². The third-order valence-electron chi connectivity index (χ3n) is 2.60. The Morgan fingerprint density at radius 3 is 2.84 bits per heavy atom. The van der Waals surface area contributed by atoms with Gasteiger partial charge in [-0.25, -0.2) is 0 Å². The number of hydrogen-bond donors (Lipinski definition) is 2. The number of thiophene rings is 1. The van der Waals surface area contributed by atoms with Crippen LogP contribution in [-0.4, -0.2) is 7.11 Å². The van der Waals surface area contributed by atoms with E-state index in [1.54, 1.807) is 0 Å². The Morgan fingerprint density at radius 2 is 2.21 bits per heavy atom. The lowest BCUT2D eigenvalue weighted by molar-refractivity contribution is 0.420. The van der Waals surface area contributed by atoms with Crippen LogP contribution in [0.15, 0.2) is 24.3 Å². The molecule has 2 aromatic rings. The molecule has 0 saturated heterocycles. The summed E-state index contributed by atoms with van der Waals surface area (Å²) in [5.74, 6) is 0.508.